The van der Waals surface area contributed by atoms with Crippen molar-refractivity contribution in [1.29, 1.82) is 0 Å². The summed E-state index contributed by atoms with van der Waals surface area (Å²) in [5, 5.41) is 0. The lowest BCUT2D eigenvalue weighted by molar-refractivity contribution is 0.356. The molecular formula is C8H19N. The van der Waals surface area contributed by atoms with Crippen LogP contribution in [0.2, 0.25) is 0 Å². The van der Waals surface area contributed by atoms with Crippen LogP contribution in [0.1, 0.15) is 34.1 Å². The van der Waals surface area contributed by atoms with Crippen molar-refractivity contribution in [1.82, 2.24) is 0 Å². The molecule has 2 atom stereocenters. The molecule has 2 N–H and O–H groups in total. The minimum Gasteiger partial charge on any atom is -0.327 e. The zero-order chi connectivity index (χ0) is 7.44. The van der Waals surface area contributed by atoms with E-state index in [-0.39, 0.29) is 0 Å². The molecule has 1 nitrogen and oxygen atoms in total. The summed E-state index contributed by atoms with van der Waals surface area (Å²) in [7, 11) is 0. The highest BCUT2D eigenvalue weighted by molar-refractivity contribution is 4.70. The van der Waals surface area contributed by atoms with E-state index in [2.05, 4.69) is 27.7 Å². The second kappa shape index (κ2) is 3.89. The summed E-state index contributed by atoms with van der Waals surface area (Å²) >= 11 is 0. The monoisotopic (exact) mass is 129 g/mol. The molecule has 0 saturated carbocycles. The SMILES string of the molecule is CCC(C)C(N)C(C)C. The van der Waals surface area contributed by atoms with Crippen molar-refractivity contribution in [2.45, 2.75) is 40.2 Å². The van der Waals surface area contributed by atoms with Gasteiger partial charge in [0, 0.05) is 6.04 Å². The Morgan fingerprint density at radius 1 is 1.22 bits per heavy atom. The quantitative estimate of drug-likeness (QED) is 0.620. The van der Waals surface area contributed by atoms with Crippen molar-refractivity contribution in [3.63, 3.8) is 0 Å². The smallest absolute Gasteiger partial charge is 0.00876 e. The molecule has 0 heterocycles. The second-order valence-electron chi connectivity index (χ2n) is 3.21. The zero-order valence-corrected chi connectivity index (χ0v) is 7.02. The zero-order valence-electron chi connectivity index (χ0n) is 7.02. The van der Waals surface area contributed by atoms with E-state index < -0.39 is 0 Å². The Labute approximate surface area is 58.6 Å². The first-order valence-corrected chi connectivity index (χ1v) is 3.85. The van der Waals surface area contributed by atoms with E-state index in [1.165, 1.54) is 6.42 Å². The van der Waals surface area contributed by atoms with Gasteiger partial charge in [0.25, 0.3) is 0 Å². The Morgan fingerprint density at radius 3 is 1.78 bits per heavy atom. The van der Waals surface area contributed by atoms with E-state index in [1.807, 2.05) is 0 Å². The maximum atomic E-state index is 5.87. The van der Waals surface area contributed by atoms with Crippen molar-refractivity contribution >= 4 is 0 Å². The molecule has 0 aliphatic carbocycles. The minimum absolute atomic E-state index is 0.384. The molecule has 0 fully saturated rings. The molecule has 0 spiro atoms. The summed E-state index contributed by atoms with van der Waals surface area (Å²) in [6, 6.07) is 0.384. The van der Waals surface area contributed by atoms with Crippen molar-refractivity contribution in [3.8, 4) is 0 Å². The van der Waals surface area contributed by atoms with Gasteiger partial charge in [-0.2, -0.15) is 0 Å². The second-order valence-corrected chi connectivity index (χ2v) is 3.21. The lowest BCUT2D eigenvalue weighted by Gasteiger charge is -2.21. The summed E-state index contributed by atoms with van der Waals surface area (Å²) in [5.74, 6) is 1.30. The predicted molar refractivity (Wildman–Crippen MR) is 42.3 cm³/mol. The Hall–Kier alpha value is -0.0400. The lowest BCUT2D eigenvalue weighted by Crippen LogP contribution is -2.32. The summed E-state index contributed by atoms with van der Waals surface area (Å²) in [6.45, 7) is 8.76. The van der Waals surface area contributed by atoms with Crippen LogP contribution in [0.5, 0.6) is 0 Å². The number of rotatable bonds is 3. The summed E-state index contributed by atoms with van der Waals surface area (Å²) in [6.07, 6.45) is 1.19. The topological polar surface area (TPSA) is 26.0 Å². The molecule has 0 aromatic heterocycles. The highest BCUT2D eigenvalue weighted by atomic mass is 14.7. The average molecular weight is 129 g/mol. The van der Waals surface area contributed by atoms with Crippen LogP contribution in [0.3, 0.4) is 0 Å². The Kier molecular flexibility index (Phi) is 3.87. The fraction of sp³-hybridized carbons (Fsp3) is 1.00. The fourth-order valence-corrected chi connectivity index (χ4v) is 0.929. The van der Waals surface area contributed by atoms with Crippen LogP contribution in [0.15, 0.2) is 0 Å². The third-order valence-electron chi connectivity index (χ3n) is 2.07. The first-order valence-electron chi connectivity index (χ1n) is 3.85. The molecule has 0 rings (SSSR count). The van der Waals surface area contributed by atoms with Crippen LogP contribution in [-0.2, 0) is 0 Å². The molecule has 9 heavy (non-hydrogen) atoms. The summed E-state index contributed by atoms with van der Waals surface area (Å²) in [4.78, 5) is 0. The first-order chi connectivity index (χ1) is 4.09. The lowest BCUT2D eigenvalue weighted by atomic mass is 9.91. The first kappa shape index (κ1) is 8.96. The molecule has 0 bridgehead atoms. The van der Waals surface area contributed by atoms with Gasteiger partial charge >= 0.3 is 0 Å². The van der Waals surface area contributed by atoms with E-state index in [1.54, 1.807) is 0 Å². The summed E-state index contributed by atoms with van der Waals surface area (Å²) < 4.78 is 0. The molecule has 1 heteroatoms. The average Bonchev–Trinajstić information content (AvgIpc) is 1.84. The van der Waals surface area contributed by atoms with E-state index >= 15 is 0 Å². The largest absolute Gasteiger partial charge is 0.327 e. The van der Waals surface area contributed by atoms with E-state index in [4.69, 9.17) is 5.73 Å². The third kappa shape index (κ3) is 2.85. The van der Waals surface area contributed by atoms with Crippen LogP contribution < -0.4 is 5.73 Å². The van der Waals surface area contributed by atoms with E-state index in [0.29, 0.717) is 17.9 Å². The Balaban J connectivity index is 3.58. The van der Waals surface area contributed by atoms with Crippen LogP contribution in [0.4, 0.5) is 0 Å². The van der Waals surface area contributed by atoms with Crippen LogP contribution in [0, 0.1) is 11.8 Å². The fourth-order valence-electron chi connectivity index (χ4n) is 0.929. The molecule has 0 aromatic carbocycles. The highest BCUT2D eigenvalue weighted by Gasteiger charge is 2.13. The van der Waals surface area contributed by atoms with Gasteiger partial charge in [0.2, 0.25) is 0 Å². The van der Waals surface area contributed by atoms with Gasteiger partial charge in [0.05, 0.1) is 0 Å². The minimum atomic E-state index is 0.384. The highest BCUT2D eigenvalue weighted by Crippen LogP contribution is 2.12. The van der Waals surface area contributed by atoms with Crippen molar-refractivity contribution < 1.29 is 0 Å². The van der Waals surface area contributed by atoms with Crippen LogP contribution in [-0.4, -0.2) is 6.04 Å². The van der Waals surface area contributed by atoms with Gasteiger partial charge in [-0.3, -0.25) is 0 Å². The van der Waals surface area contributed by atoms with Crippen LogP contribution in [0.25, 0.3) is 0 Å². The molecular weight excluding hydrogens is 110 g/mol. The molecule has 0 radical (unpaired) electrons. The van der Waals surface area contributed by atoms with E-state index in [9.17, 15) is 0 Å². The maximum absolute atomic E-state index is 5.87. The van der Waals surface area contributed by atoms with Gasteiger partial charge in [-0.05, 0) is 11.8 Å². The Bertz CT molecular complexity index is 69.0. The Morgan fingerprint density at radius 2 is 1.67 bits per heavy atom. The normalized spacial score (nSPS) is 18.0. The standard InChI is InChI=1S/C8H19N/c1-5-7(4)8(9)6(2)3/h6-8H,5,9H2,1-4H3. The molecule has 56 valence electrons. The molecule has 0 saturated heterocycles. The summed E-state index contributed by atoms with van der Waals surface area (Å²) in [5.41, 5.74) is 5.87. The van der Waals surface area contributed by atoms with Gasteiger partial charge < -0.3 is 5.73 Å². The molecule has 0 aliphatic rings. The number of nitrogens with two attached hydrogens (primary N) is 1. The van der Waals surface area contributed by atoms with Crippen LogP contribution >= 0.6 is 0 Å². The van der Waals surface area contributed by atoms with Gasteiger partial charge in [-0.1, -0.05) is 34.1 Å². The molecule has 0 aromatic rings. The number of hydrogen-bond donors (Lipinski definition) is 1. The van der Waals surface area contributed by atoms with Gasteiger partial charge in [-0.15, -0.1) is 0 Å². The molecule has 2 unspecified atom stereocenters. The molecule has 0 amide bonds. The maximum Gasteiger partial charge on any atom is 0.00876 e. The van der Waals surface area contributed by atoms with E-state index in [0.717, 1.165) is 0 Å². The third-order valence-corrected chi connectivity index (χ3v) is 2.07. The van der Waals surface area contributed by atoms with Crippen molar-refractivity contribution in [2.24, 2.45) is 17.6 Å². The van der Waals surface area contributed by atoms with Gasteiger partial charge in [0.1, 0.15) is 0 Å². The van der Waals surface area contributed by atoms with Gasteiger partial charge in [0.15, 0.2) is 0 Å². The van der Waals surface area contributed by atoms with Crippen molar-refractivity contribution in [3.05, 3.63) is 0 Å². The van der Waals surface area contributed by atoms with Crippen molar-refractivity contribution in [2.75, 3.05) is 0 Å². The predicted octanol–water partition coefficient (Wildman–Crippen LogP) is 2.02. The molecule has 0 aliphatic heterocycles. The van der Waals surface area contributed by atoms with Gasteiger partial charge in [-0.25, -0.2) is 0 Å². The number of hydrogen-bond acceptors (Lipinski definition) is 1.